The Balaban J connectivity index is 1.69. The second kappa shape index (κ2) is 11.3. The topological polar surface area (TPSA) is 44.7 Å². The van der Waals surface area contributed by atoms with Gasteiger partial charge in [0.15, 0.2) is 5.17 Å². The molecule has 4 nitrogen and oxygen atoms in total. The highest BCUT2D eigenvalue weighted by atomic mass is 32.2. The van der Waals surface area contributed by atoms with E-state index in [0.29, 0.717) is 10.7 Å². The van der Waals surface area contributed by atoms with Gasteiger partial charge in [0.2, 0.25) is 0 Å². The van der Waals surface area contributed by atoms with Crippen LogP contribution in [0.3, 0.4) is 0 Å². The van der Waals surface area contributed by atoms with Crippen LogP contribution in [0.4, 0.5) is 5.69 Å². The van der Waals surface area contributed by atoms with Crippen molar-refractivity contribution >= 4 is 40.2 Å². The first kappa shape index (κ1) is 22.6. The summed E-state index contributed by atoms with van der Waals surface area (Å²) in [5.41, 5.74) is 6.59. The van der Waals surface area contributed by atoms with Gasteiger partial charge >= 0.3 is 0 Å². The molecule has 166 valence electrons. The van der Waals surface area contributed by atoms with Gasteiger partial charge in [0.05, 0.1) is 5.69 Å². The summed E-state index contributed by atoms with van der Waals surface area (Å²) >= 11 is 1.54. The molecule has 3 aromatic carbocycles. The number of aliphatic imine (C=N–C) groups is 1. The van der Waals surface area contributed by atoms with E-state index >= 15 is 0 Å². The van der Waals surface area contributed by atoms with Crippen LogP contribution < -0.4 is 5.43 Å². The molecule has 0 aromatic heterocycles. The Morgan fingerprint density at radius 2 is 1.61 bits per heavy atom. The smallest absolute Gasteiger partial charge is 0.272 e. The lowest BCUT2D eigenvalue weighted by Gasteiger charge is -2.22. The van der Waals surface area contributed by atoms with Gasteiger partial charge in [-0.15, -0.1) is 0 Å². The van der Waals surface area contributed by atoms with Gasteiger partial charge in [0.1, 0.15) is 5.37 Å². The average molecular weight is 454 g/mol. The van der Waals surface area contributed by atoms with Crippen LogP contribution in [0.5, 0.6) is 0 Å². The molecular weight excluding hydrogens is 426 g/mol. The molecule has 1 amide bonds. The Bertz CT molecular complexity index is 1140. The summed E-state index contributed by atoms with van der Waals surface area (Å²) in [4.78, 5) is 18.6. The molecule has 1 aliphatic rings. The van der Waals surface area contributed by atoms with Gasteiger partial charge in [0, 0.05) is 5.57 Å². The van der Waals surface area contributed by atoms with E-state index < -0.39 is 0 Å². The highest BCUT2D eigenvalue weighted by Crippen LogP contribution is 2.30. The first-order chi connectivity index (χ1) is 16.2. The fourth-order valence-electron chi connectivity index (χ4n) is 3.43. The van der Waals surface area contributed by atoms with Crippen molar-refractivity contribution in [3.63, 3.8) is 0 Å². The number of carbonyl (C=O) groups excluding carboxylic acids is 1. The van der Waals surface area contributed by atoms with Crippen molar-refractivity contribution < 1.29 is 4.79 Å². The zero-order valence-electron chi connectivity index (χ0n) is 18.6. The van der Waals surface area contributed by atoms with Crippen molar-refractivity contribution in [2.45, 2.75) is 25.1 Å². The van der Waals surface area contributed by atoms with Crippen LogP contribution in [0.15, 0.2) is 108 Å². The Hall–Kier alpha value is -3.57. The quantitative estimate of drug-likeness (QED) is 0.247. The highest BCUT2D eigenvalue weighted by molar-refractivity contribution is 8.14. The first-order valence-corrected chi connectivity index (χ1v) is 12.0. The van der Waals surface area contributed by atoms with Crippen molar-refractivity contribution in [1.29, 1.82) is 0 Å². The van der Waals surface area contributed by atoms with E-state index in [-0.39, 0.29) is 11.3 Å². The minimum atomic E-state index is -0.186. The summed E-state index contributed by atoms with van der Waals surface area (Å²) in [6, 6.07) is 29.5. The van der Waals surface area contributed by atoms with Crippen LogP contribution in [-0.2, 0) is 4.79 Å². The van der Waals surface area contributed by atoms with E-state index in [4.69, 9.17) is 4.99 Å². The molecular formula is C28H27N3OS. The predicted octanol–water partition coefficient (Wildman–Crippen LogP) is 6.68. The molecule has 0 spiro atoms. The molecule has 1 heterocycles. The number of nitrogens with zero attached hydrogens (tertiary/aromatic N) is 2. The van der Waals surface area contributed by atoms with Crippen molar-refractivity contribution in [3.05, 3.63) is 114 Å². The largest absolute Gasteiger partial charge is 0.274 e. The SMILES string of the molecule is CCC/C=C/C1SC(=Nc2ccccc2)NN1C(=O)/C(=C/c1ccccc1)c1ccccc1. The molecule has 0 saturated carbocycles. The summed E-state index contributed by atoms with van der Waals surface area (Å²) in [7, 11) is 0. The van der Waals surface area contributed by atoms with Crippen molar-refractivity contribution in [2.75, 3.05) is 0 Å². The number of unbranched alkanes of at least 4 members (excludes halogenated alkanes) is 1. The molecule has 1 N–H and O–H groups in total. The summed E-state index contributed by atoms with van der Waals surface area (Å²) in [5.74, 6) is -0.0954. The van der Waals surface area contributed by atoms with Crippen LogP contribution in [0.2, 0.25) is 0 Å². The van der Waals surface area contributed by atoms with E-state index in [2.05, 4.69) is 24.5 Å². The van der Waals surface area contributed by atoms with Crippen molar-refractivity contribution in [1.82, 2.24) is 10.4 Å². The normalized spacial score (nSPS) is 17.5. The van der Waals surface area contributed by atoms with Gasteiger partial charge < -0.3 is 0 Å². The van der Waals surface area contributed by atoms with E-state index in [9.17, 15) is 4.79 Å². The second-order valence-electron chi connectivity index (χ2n) is 7.60. The number of rotatable bonds is 7. The number of para-hydroxylation sites is 1. The predicted molar refractivity (Wildman–Crippen MR) is 140 cm³/mol. The Kier molecular flexibility index (Phi) is 7.77. The third-order valence-electron chi connectivity index (χ3n) is 5.09. The van der Waals surface area contributed by atoms with Crippen LogP contribution in [0, 0.1) is 0 Å². The fourth-order valence-corrected chi connectivity index (χ4v) is 4.42. The Morgan fingerprint density at radius 1 is 0.970 bits per heavy atom. The van der Waals surface area contributed by atoms with Crippen molar-refractivity contribution in [3.8, 4) is 0 Å². The monoisotopic (exact) mass is 453 g/mol. The molecule has 1 saturated heterocycles. The molecule has 4 rings (SSSR count). The number of nitrogens with one attached hydrogen (secondary N) is 1. The molecule has 0 aliphatic carbocycles. The lowest BCUT2D eigenvalue weighted by Crippen LogP contribution is -2.43. The standard InChI is InChI=1S/C28H27N3OS/c1-2-3-7-20-26-31(30-28(33-26)29-24-18-12-6-13-19-24)27(32)25(23-16-10-5-11-17-23)21-22-14-8-4-9-15-22/h4-21,26H,2-3H2,1H3,(H,29,30)/b20-7+,25-21+. The molecule has 1 aliphatic heterocycles. The summed E-state index contributed by atoms with van der Waals surface area (Å²) in [5, 5.41) is 2.20. The summed E-state index contributed by atoms with van der Waals surface area (Å²) in [6.45, 7) is 2.14. The summed E-state index contributed by atoms with van der Waals surface area (Å²) in [6.07, 6.45) is 8.19. The number of thioether (sulfide) groups is 1. The maximum absolute atomic E-state index is 13.9. The molecule has 1 atom stereocenters. The Morgan fingerprint density at radius 3 is 2.27 bits per heavy atom. The number of hydrogen-bond acceptors (Lipinski definition) is 3. The van der Waals surface area contributed by atoms with E-state index in [1.54, 1.807) is 16.8 Å². The van der Waals surface area contributed by atoms with Crippen LogP contribution in [0.1, 0.15) is 30.9 Å². The van der Waals surface area contributed by atoms with Gasteiger partial charge in [-0.25, -0.2) is 10.0 Å². The van der Waals surface area contributed by atoms with Crippen LogP contribution in [0.25, 0.3) is 11.6 Å². The highest BCUT2D eigenvalue weighted by Gasteiger charge is 2.34. The van der Waals surface area contributed by atoms with E-state index in [0.717, 1.165) is 29.7 Å². The average Bonchev–Trinajstić information content (AvgIpc) is 3.26. The molecule has 33 heavy (non-hydrogen) atoms. The first-order valence-electron chi connectivity index (χ1n) is 11.1. The number of hydrazine groups is 1. The number of amides is 1. The van der Waals surface area contributed by atoms with Crippen LogP contribution in [-0.4, -0.2) is 21.5 Å². The molecule has 1 fully saturated rings. The van der Waals surface area contributed by atoms with Gasteiger partial charge in [0.25, 0.3) is 5.91 Å². The molecule has 3 aromatic rings. The zero-order valence-corrected chi connectivity index (χ0v) is 19.4. The lowest BCUT2D eigenvalue weighted by molar-refractivity contribution is -0.126. The van der Waals surface area contributed by atoms with Crippen LogP contribution >= 0.6 is 11.8 Å². The molecule has 5 heteroatoms. The van der Waals surface area contributed by atoms with Gasteiger partial charge in [-0.05, 0) is 35.8 Å². The molecule has 0 radical (unpaired) electrons. The van der Waals surface area contributed by atoms with Gasteiger partial charge in [-0.3, -0.25) is 10.2 Å². The van der Waals surface area contributed by atoms with Crippen molar-refractivity contribution in [2.24, 2.45) is 4.99 Å². The number of benzene rings is 3. The third-order valence-corrected chi connectivity index (χ3v) is 6.11. The number of hydrogen-bond donors (Lipinski definition) is 1. The molecule has 0 bridgehead atoms. The minimum Gasteiger partial charge on any atom is -0.272 e. The maximum Gasteiger partial charge on any atom is 0.274 e. The summed E-state index contributed by atoms with van der Waals surface area (Å²) < 4.78 is 0. The fraction of sp³-hybridized carbons (Fsp3) is 0.143. The second-order valence-corrected chi connectivity index (χ2v) is 8.70. The number of amidine groups is 1. The minimum absolute atomic E-state index is 0.0954. The van der Waals surface area contributed by atoms with E-state index in [1.165, 1.54) is 0 Å². The van der Waals surface area contributed by atoms with Gasteiger partial charge in [-0.2, -0.15) is 0 Å². The number of carbonyl (C=O) groups is 1. The third kappa shape index (κ3) is 6.02. The Labute approximate surface area is 199 Å². The maximum atomic E-state index is 13.9. The lowest BCUT2D eigenvalue weighted by atomic mass is 10.0. The van der Waals surface area contributed by atoms with Gasteiger partial charge in [-0.1, -0.05) is 116 Å². The zero-order chi connectivity index (χ0) is 22.9. The van der Waals surface area contributed by atoms with E-state index in [1.807, 2.05) is 97.1 Å². The number of allylic oxidation sites excluding steroid dienone is 1. The molecule has 1 unspecified atom stereocenters.